The molecule has 0 bridgehead atoms. The first kappa shape index (κ1) is 18.6. The van der Waals surface area contributed by atoms with Gasteiger partial charge in [0.25, 0.3) is 0 Å². The third-order valence-electron chi connectivity index (χ3n) is 4.53. The molecule has 0 amide bonds. The maximum absolute atomic E-state index is 5.35. The molecule has 0 unspecified atom stereocenters. The van der Waals surface area contributed by atoms with Crippen LogP contribution in [0.4, 0.5) is 5.69 Å². The molecule has 3 rings (SSSR count). The summed E-state index contributed by atoms with van der Waals surface area (Å²) in [6, 6.07) is 12.6. The Bertz CT molecular complexity index is 694. The molecule has 1 N–H and O–H groups in total. The first-order valence-corrected chi connectivity index (χ1v) is 10.1. The van der Waals surface area contributed by atoms with Crippen LogP contribution in [-0.2, 0) is 6.42 Å². The Labute approximate surface area is 160 Å². The van der Waals surface area contributed by atoms with Crippen LogP contribution >= 0.6 is 11.3 Å². The highest BCUT2D eigenvalue weighted by Crippen LogP contribution is 2.22. The molecule has 0 atom stereocenters. The quantitative estimate of drug-likeness (QED) is 0.625. The molecule has 6 heteroatoms. The van der Waals surface area contributed by atoms with Crippen molar-refractivity contribution >= 4 is 23.0 Å². The lowest BCUT2D eigenvalue weighted by Crippen LogP contribution is -2.52. The summed E-state index contributed by atoms with van der Waals surface area (Å²) in [4.78, 5) is 11.0. The van der Waals surface area contributed by atoms with Crippen molar-refractivity contribution in [3.63, 3.8) is 0 Å². The van der Waals surface area contributed by atoms with Crippen molar-refractivity contribution in [2.24, 2.45) is 4.99 Å². The summed E-state index contributed by atoms with van der Waals surface area (Å²) in [6.45, 7) is 7.78. The van der Waals surface area contributed by atoms with E-state index in [2.05, 4.69) is 57.8 Å². The Kier molecular flexibility index (Phi) is 6.77. The first-order chi connectivity index (χ1) is 12.8. The summed E-state index contributed by atoms with van der Waals surface area (Å²) in [5.41, 5.74) is 1.23. The zero-order chi connectivity index (χ0) is 18.2. The number of ether oxygens (including phenoxy) is 1. The lowest BCUT2D eigenvalue weighted by molar-refractivity contribution is 0.372. The van der Waals surface area contributed by atoms with Crippen LogP contribution in [-0.4, -0.2) is 57.2 Å². The Hall–Kier alpha value is -2.21. The predicted molar refractivity (Wildman–Crippen MR) is 111 cm³/mol. The largest absolute Gasteiger partial charge is 0.497 e. The molecule has 1 aromatic carbocycles. The van der Waals surface area contributed by atoms with E-state index >= 15 is 0 Å². The van der Waals surface area contributed by atoms with Crippen LogP contribution < -0.4 is 15.0 Å². The van der Waals surface area contributed by atoms with Gasteiger partial charge in [-0.15, -0.1) is 11.3 Å². The van der Waals surface area contributed by atoms with Crippen LogP contribution in [0.3, 0.4) is 0 Å². The number of hydrogen-bond acceptors (Lipinski definition) is 4. The SMILES string of the molecule is CCNC(=NCCc1cccs1)N1CCN(c2cccc(OC)c2)CC1. The number of nitrogens with one attached hydrogen (secondary N) is 1. The molecule has 1 aliphatic rings. The molecule has 0 spiro atoms. The van der Waals surface area contributed by atoms with Crippen molar-refractivity contribution < 1.29 is 4.74 Å². The standard InChI is InChI=1S/C20H28N4OS/c1-3-21-20(22-10-9-19-8-5-15-26-19)24-13-11-23(12-14-24)17-6-4-7-18(16-17)25-2/h4-8,15-16H,3,9-14H2,1-2H3,(H,21,22). The molecule has 0 saturated carbocycles. The van der Waals surface area contributed by atoms with Gasteiger partial charge in [-0.2, -0.15) is 0 Å². The van der Waals surface area contributed by atoms with Crippen LogP contribution in [0, 0.1) is 0 Å². The zero-order valence-electron chi connectivity index (χ0n) is 15.6. The van der Waals surface area contributed by atoms with Crippen molar-refractivity contribution in [2.75, 3.05) is 51.3 Å². The van der Waals surface area contributed by atoms with Gasteiger partial charge in [-0.25, -0.2) is 0 Å². The van der Waals surface area contributed by atoms with E-state index < -0.39 is 0 Å². The zero-order valence-corrected chi connectivity index (χ0v) is 16.5. The number of benzene rings is 1. The molecule has 26 heavy (non-hydrogen) atoms. The van der Waals surface area contributed by atoms with Gasteiger partial charge < -0.3 is 19.9 Å². The summed E-state index contributed by atoms with van der Waals surface area (Å²) in [6.07, 6.45) is 1.01. The molecular weight excluding hydrogens is 344 g/mol. The van der Waals surface area contributed by atoms with E-state index in [1.807, 2.05) is 6.07 Å². The highest BCUT2D eigenvalue weighted by atomic mass is 32.1. The maximum Gasteiger partial charge on any atom is 0.194 e. The third-order valence-corrected chi connectivity index (χ3v) is 5.47. The Morgan fingerprint density at radius 2 is 2.04 bits per heavy atom. The summed E-state index contributed by atoms with van der Waals surface area (Å²) in [5.74, 6) is 1.95. The molecule has 2 heterocycles. The number of rotatable bonds is 6. The van der Waals surface area contributed by atoms with Gasteiger partial charge in [0.1, 0.15) is 5.75 Å². The first-order valence-electron chi connectivity index (χ1n) is 9.25. The molecule has 1 aliphatic heterocycles. The van der Waals surface area contributed by atoms with E-state index in [-0.39, 0.29) is 0 Å². The number of hydrogen-bond donors (Lipinski definition) is 1. The molecule has 1 fully saturated rings. The van der Waals surface area contributed by atoms with Crippen LogP contribution in [0.1, 0.15) is 11.8 Å². The van der Waals surface area contributed by atoms with Crippen molar-refractivity contribution in [3.8, 4) is 5.75 Å². The molecule has 0 radical (unpaired) electrons. The Morgan fingerprint density at radius 3 is 2.73 bits per heavy atom. The van der Waals surface area contributed by atoms with Crippen LogP contribution in [0.25, 0.3) is 0 Å². The molecule has 140 valence electrons. The Morgan fingerprint density at radius 1 is 1.19 bits per heavy atom. The summed E-state index contributed by atoms with van der Waals surface area (Å²) in [7, 11) is 1.71. The fraction of sp³-hybridized carbons (Fsp3) is 0.450. The van der Waals surface area contributed by atoms with Crippen molar-refractivity contribution in [3.05, 3.63) is 46.7 Å². The highest BCUT2D eigenvalue weighted by molar-refractivity contribution is 7.09. The number of thiophene rings is 1. The average Bonchev–Trinajstić information content (AvgIpc) is 3.21. The third kappa shape index (κ3) is 4.91. The lowest BCUT2D eigenvalue weighted by atomic mass is 10.2. The van der Waals surface area contributed by atoms with E-state index in [1.165, 1.54) is 10.6 Å². The summed E-state index contributed by atoms with van der Waals surface area (Å²) in [5, 5.41) is 5.57. The average molecular weight is 373 g/mol. The lowest BCUT2D eigenvalue weighted by Gasteiger charge is -2.37. The van der Waals surface area contributed by atoms with E-state index in [1.54, 1.807) is 18.4 Å². The summed E-state index contributed by atoms with van der Waals surface area (Å²) < 4.78 is 5.35. The van der Waals surface area contributed by atoms with E-state index in [9.17, 15) is 0 Å². The van der Waals surface area contributed by atoms with Crippen LogP contribution in [0.5, 0.6) is 5.75 Å². The minimum absolute atomic E-state index is 0.832. The molecule has 1 aromatic heterocycles. The van der Waals surface area contributed by atoms with Crippen molar-refractivity contribution in [2.45, 2.75) is 13.3 Å². The van der Waals surface area contributed by atoms with E-state index in [0.29, 0.717) is 0 Å². The molecular formula is C20H28N4OS. The Balaban J connectivity index is 1.56. The van der Waals surface area contributed by atoms with E-state index in [0.717, 1.165) is 57.4 Å². The number of aliphatic imine (C=N–C) groups is 1. The molecule has 2 aromatic rings. The fourth-order valence-electron chi connectivity index (χ4n) is 3.14. The number of piperazine rings is 1. The molecule has 5 nitrogen and oxygen atoms in total. The number of methoxy groups -OCH3 is 1. The maximum atomic E-state index is 5.35. The van der Waals surface area contributed by atoms with Gasteiger partial charge in [-0.05, 0) is 30.5 Å². The van der Waals surface area contributed by atoms with Gasteiger partial charge >= 0.3 is 0 Å². The molecule has 0 aliphatic carbocycles. The normalized spacial score (nSPS) is 15.2. The van der Waals surface area contributed by atoms with Gasteiger partial charge in [0.15, 0.2) is 5.96 Å². The fourth-order valence-corrected chi connectivity index (χ4v) is 3.83. The second-order valence-electron chi connectivity index (χ2n) is 6.24. The minimum Gasteiger partial charge on any atom is -0.497 e. The summed E-state index contributed by atoms with van der Waals surface area (Å²) >= 11 is 1.80. The van der Waals surface area contributed by atoms with Crippen molar-refractivity contribution in [1.29, 1.82) is 0 Å². The van der Waals surface area contributed by atoms with Gasteiger partial charge in [-0.1, -0.05) is 12.1 Å². The predicted octanol–water partition coefficient (Wildman–Crippen LogP) is 3.09. The minimum atomic E-state index is 0.832. The second-order valence-corrected chi connectivity index (χ2v) is 7.27. The number of guanidine groups is 1. The highest BCUT2D eigenvalue weighted by Gasteiger charge is 2.20. The molecule has 1 saturated heterocycles. The monoisotopic (exact) mass is 372 g/mol. The van der Waals surface area contributed by atoms with E-state index in [4.69, 9.17) is 9.73 Å². The number of nitrogens with zero attached hydrogens (tertiary/aromatic N) is 3. The topological polar surface area (TPSA) is 40.1 Å². The van der Waals surface area contributed by atoms with Gasteiger partial charge in [-0.3, -0.25) is 4.99 Å². The van der Waals surface area contributed by atoms with Gasteiger partial charge in [0.05, 0.1) is 7.11 Å². The van der Waals surface area contributed by atoms with Crippen molar-refractivity contribution in [1.82, 2.24) is 10.2 Å². The van der Waals surface area contributed by atoms with Gasteiger partial charge in [0, 0.05) is 62.3 Å². The van der Waals surface area contributed by atoms with Gasteiger partial charge in [0.2, 0.25) is 0 Å². The number of anilines is 1. The smallest absolute Gasteiger partial charge is 0.194 e. The second kappa shape index (κ2) is 9.48. The van der Waals surface area contributed by atoms with Crippen LogP contribution in [0.2, 0.25) is 0 Å². The van der Waals surface area contributed by atoms with Crippen LogP contribution in [0.15, 0.2) is 46.8 Å².